The largest absolute Gasteiger partial charge is 0.309 e. The molecule has 52 heavy (non-hydrogen) atoms. The molecule has 0 spiro atoms. The molecule has 8 aromatic carbocycles. The minimum absolute atomic E-state index is 1.17. The first-order valence-corrected chi connectivity index (χ1v) is 17.9. The normalized spacial score (nSPS) is 12.2. The lowest BCUT2D eigenvalue weighted by atomic mass is 10.1. The molecule has 4 nitrogen and oxygen atoms in total. The van der Waals surface area contributed by atoms with Gasteiger partial charge in [-0.3, -0.25) is 0 Å². The van der Waals surface area contributed by atoms with Gasteiger partial charge < -0.3 is 18.3 Å². The number of hydrogen-bond acceptors (Lipinski definition) is 0. The van der Waals surface area contributed by atoms with Crippen LogP contribution in [0.1, 0.15) is 0 Å². The van der Waals surface area contributed by atoms with E-state index in [1.807, 2.05) is 0 Å². The monoisotopic (exact) mass is 662 g/mol. The van der Waals surface area contributed by atoms with Gasteiger partial charge in [-0.05, 0) is 97.1 Å². The zero-order valence-corrected chi connectivity index (χ0v) is 28.1. The summed E-state index contributed by atoms with van der Waals surface area (Å²) in [5.74, 6) is 0. The van der Waals surface area contributed by atoms with Crippen molar-refractivity contribution in [3.05, 3.63) is 182 Å². The highest BCUT2D eigenvalue weighted by Crippen LogP contribution is 2.44. The zero-order valence-electron chi connectivity index (χ0n) is 28.1. The lowest BCUT2D eigenvalue weighted by Gasteiger charge is -2.13. The fourth-order valence-electron chi connectivity index (χ4n) is 9.04. The molecule has 0 atom stereocenters. The van der Waals surface area contributed by atoms with Gasteiger partial charge in [0.15, 0.2) is 0 Å². The smallest absolute Gasteiger partial charge is 0.0563 e. The molecule has 0 fully saturated rings. The Morgan fingerprint density at radius 2 is 0.538 bits per heavy atom. The second-order valence-electron chi connectivity index (χ2n) is 13.8. The molecule has 0 N–H and O–H groups in total. The first-order valence-electron chi connectivity index (χ1n) is 17.9. The van der Waals surface area contributed by atoms with Crippen LogP contribution in [0.15, 0.2) is 182 Å². The first kappa shape index (κ1) is 27.7. The molecule has 0 bridgehead atoms. The highest BCUT2D eigenvalue weighted by atomic mass is 15.0. The molecule has 4 aromatic heterocycles. The zero-order chi connectivity index (χ0) is 33.9. The van der Waals surface area contributed by atoms with E-state index in [1.54, 1.807) is 0 Å². The van der Waals surface area contributed by atoms with Crippen LogP contribution >= 0.6 is 0 Å². The van der Waals surface area contributed by atoms with E-state index in [-0.39, 0.29) is 0 Å². The van der Waals surface area contributed by atoms with Crippen LogP contribution in [0.4, 0.5) is 0 Å². The minimum atomic E-state index is 1.17. The molecule has 4 heteroatoms. The standard InChI is InChI=1S/C48H30N4/c1-3-13-31(14-4-1)49-39-19-9-7-17-35(39)37-29-33(25-27-41(37)49)51-43-21-11-23-45-47(43)48-44(51)22-12-24-46(48)52(45)34-26-28-42-38(30-34)36-18-8-10-20-40(36)50(42)32-15-5-2-6-16-32/h1-30H. The molecule has 12 aromatic rings. The highest BCUT2D eigenvalue weighted by Gasteiger charge is 2.23. The highest BCUT2D eigenvalue weighted by molar-refractivity contribution is 6.25. The molecular formula is C48H30N4. The van der Waals surface area contributed by atoms with Crippen molar-refractivity contribution < 1.29 is 0 Å². The van der Waals surface area contributed by atoms with Crippen molar-refractivity contribution in [2.24, 2.45) is 0 Å². The van der Waals surface area contributed by atoms with E-state index in [9.17, 15) is 0 Å². The van der Waals surface area contributed by atoms with Gasteiger partial charge in [0.1, 0.15) is 0 Å². The van der Waals surface area contributed by atoms with Gasteiger partial charge in [0.05, 0.1) is 44.1 Å². The third-order valence-electron chi connectivity index (χ3n) is 11.1. The molecule has 0 unspecified atom stereocenters. The van der Waals surface area contributed by atoms with Gasteiger partial charge in [0.25, 0.3) is 0 Å². The fourth-order valence-corrected chi connectivity index (χ4v) is 9.04. The van der Waals surface area contributed by atoms with E-state index >= 15 is 0 Å². The summed E-state index contributed by atoms with van der Waals surface area (Å²) in [7, 11) is 0. The summed E-state index contributed by atoms with van der Waals surface area (Å²) < 4.78 is 9.68. The average molecular weight is 663 g/mol. The Bertz CT molecular complexity index is 3050. The van der Waals surface area contributed by atoms with Gasteiger partial charge in [-0.2, -0.15) is 0 Å². The van der Waals surface area contributed by atoms with E-state index in [1.165, 1.54) is 99.2 Å². The number of hydrogen-bond donors (Lipinski definition) is 0. The molecule has 12 rings (SSSR count). The maximum absolute atomic E-state index is 2.46. The number of benzene rings is 8. The predicted molar refractivity (Wildman–Crippen MR) is 217 cm³/mol. The molecular weight excluding hydrogens is 633 g/mol. The fraction of sp³-hybridized carbons (Fsp3) is 0. The van der Waals surface area contributed by atoms with Crippen LogP contribution in [-0.4, -0.2) is 18.3 Å². The molecule has 0 aliphatic rings. The number of rotatable bonds is 4. The van der Waals surface area contributed by atoms with Crippen LogP contribution in [0.3, 0.4) is 0 Å². The van der Waals surface area contributed by atoms with Crippen LogP contribution in [-0.2, 0) is 0 Å². The van der Waals surface area contributed by atoms with Crippen molar-refractivity contribution in [2.75, 3.05) is 0 Å². The second-order valence-corrected chi connectivity index (χ2v) is 13.8. The lowest BCUT2D eigenvalue weighted by Crippen LogP contribution is -1.98. The molecule has 242 valence electrons. The molecule has 0 radical (unpaired) electrons. The van der Waals surface area contributed by atoms with Crippen LogP contribution in [0.5, 0.6) is 0 Å². The van der Waals surface area contributed by atoms with Gasteiger partial charge in [0, 0.05) is 55.1 Å². The second kappa shape index (κ2) is 10.3. The van der Waals surface area contributed by atoms with Gasteiger partial charge in [-0.25, -0.2) is 0 Å². The Morgan fingerprint density at radius 1 is 0.212 bits per heavy atom. The van der Waals surface area contributed by atoms with Crippen molar-refractivity contribution in [1.29, 1.82) is 0 Å². The number of nitrogens with zero attached hydrogens (tertiary/aromatic N) is 4. The molecule has 0 saturated carbocycles. The average Bonchev–Trinajstić information content (AvgIpc) is 3.94. The molecule has 0 aliphatic heterocycles. The Balaban J connectivity index is 1.09. The summed E-state index contributed by atoms with van der Waals surface area (Å²) in [4.78, 5) is 0. The summed E-state index contributed by atoms with van der Waals surface area (Å²) in [5.41, 5.74) is 14.4. The summed E-state index contributed by atoms with van der Waals surface area (Å²) in [6.45, 7) is 0. The van der Waals surface area contributed by atoms with Crippen LogP contribution in [0, 0.1) is 0 Å². The van der Waals surface area contributed by atoms with Crippen molar-refractivity contribution >= 4 is 76.5 Å². The summed E-state index contributed by atoms with van der Waals surface area (Å²) in [6, 6.07) is 66.3. The summed E-state index contributed by atoms with van der Waals surface area (Å²) in [6.07, 6.45) is 0. The molecule has 4 heterocycles. The molecule has 0 saturated heterocycles. The topological polar surface area (TPSA) is 19.7 Å². The van der Waals surface area contributed by atoms with Gasteiger partial charge >= 0.3 is 0 Å². The molecule has 0 aliphatic carbocycles. The van der Waals surface area contributed by atoms with Crippen molar-refractivity contribution in [2.45, 2.75) is 0 Å². The minimum Gasteiger partial charge on any atom is -0.309 e. The van der Waals surface area contributed by atoms with Crippen LogP contribution in [0.2, 0.25) is 0 Å². The maximum Gasteiger partial charge on any atom is 0.0563 e. The lowest BCUT2D eigenvalue weighted by molar-refractivity contribution is 1.15. The van der Waals surface area contributed by atoms with Crippen molar-refractivity contribution in [3.8, 4) is 22.7 Å². The van der Waals surface area contributed by atoms with Crippen LogP contribution in [0.25, 0.3) is 99.2 Å². The van der Waals surface area contributed by atoms with E-state index in [0.29, 0.717) is 0 Å². The van der Waals surface area contributed by atoms with E-state index in [2.05, 4.69) is 200 Å². The number of aromatic nitrogens is 4. The Labute approximate surface area is 298 Å². The first-order chi connectivity index (χ1) is 25.8. The quantitative estimate of drug-likeness (QED) is 0.179. The number of para-hydroxylation sites is 4. The summed E-state index contributed by atoms with van der Waals surface area (Å²) >= 11 is 0. The van der Waals surface area contributed by atoms with Gasteiger partial charge in [-0.1, -0.05) is 84.9 Å². The van der Waals surface area contributed by atoms with Crippen LogP contribution < -0.4 is 0 Å². The summed E-state index contributed by atoms with van der Waals surface area (Å²) in [5, 5.41) is 7.61. The number of fused-ring (bicyclic) bond motifs is 6. The van der Waals surface area contributed by atoms with Gasteiger partial charge in [-0.15, -0.1) is 0 Å². The molecule has 0 amide bonds. The SMILES string of the molecule is c1ccc(-n2c3ccccc3c3cc(-n4c5cccc6c5c5c4cccc5n6-c4ccc5c(c4)c4ccccc4n5-c4ccccc4)ccc32)cc1. The van der Waals surface area contributed by atoms with Crippen molar-refractivity contribution in [1.82, 2.24) is 18.3 Å². The van der Waals surface area contributed by atoms with Crippen molar-refractivity contribution in [3.63, 3.8) is 0 Å². The Hall–Kier alpha value is -7.04. The van der Waals surface area contributed by atoms with E-state index in [0.717, 1.165) is 0 Å². The third kappa shape index (κ3) is 3.60. The van der Waals surface area contributed by atoms with E-state index < -0.39 is 0 Å². The predicted octanol–water partition coefficient (Wildman–Crippen LogP) is 12.4. The third-order valence-corrected chi connectivity index (χ3v) is 11.1. The van der Waals surface area contributed by atoms with E-state index in [4.69, 9.17) is 0 Å². The van der Waals surface area contributed by atoms with Gasteiger partial charge in [0.2, 0.25) is 0 Å². The maximum atomic E-state index is 2.46. The Morgan fingerprint density at radius 3 is 0.962 bits per heavy atom. The Kier molecular flexibility index (Phi) is 5.47.